The van der Waals surface area contributed by atoms with Crippen LogP contribution in [0.15, 0.2) is 34.2 Å². The third-order valence-corrected chi connectivity index (χ3v) is 5.39. The molecule has 0 radical (unpaired) electrons. The van der Waals surface area contributed by atoms with E-state index in [0.29, 0.717) is 18.8 Å². The first-order valence-corrected chi connectivity index (χ1v) is 8.42. The number of nitrogens with zero attached hydrogens (tertiary/aromatic N) is 4. The highest BCUT2D eigenvalue weighted by molar-refractivity contribution is 7.88. The summed E-state index contributed by atoms with van der Waals surface area (Å²) in [5.41, 5.74) is 2.20. The van der Waals surface area contributed by atoms with Crippen LogP contribution >= 0.6 is 0 Å². The van der Waals surface area contributed by atoms with Gasteiger partial charge in [-0.25, -0.2) is 22.7 Å². The van der Waals surface area contributed by atoms with E-state index in [0.717, 1.165) is 23.0 Å². The summed E-state index contributed by atoms with van der Waals surface area (Å²) in [6.07, 6.45) is 4.30. The molecule has 22 heavy (non-hydrogen) atoms. The number of aromatic nitrogens is 2. The van der Waals surface area contributed by atoms with E-state index in [-0.39, 0.29) is 5.09 Å². The van der Waals surface area contributed by atoms with Crippen LogP contribution in [0.1, 0.15) is 17.0 Å². The average molecular weight is 322 g/mol. The number of hydrogen-bond donors (Lipinski definition) is 0. The first-order valence-electron chi connectivity index (χ1n) is 6.98. The fourth-order valence-electron chi connectivity index (χ4n) is 2.42. The summed E-state index contributed by atoms with van der Waals surface area (Å²) >= 11 is 0. The highest BCUT2D eigenvalue weighted by Crippen LogP contribution is 2.21. The summed E-state index contributed by atoms with van der Waals surface area (Å²) in [5, 5.41) is -0.0211. The molecule has 0 saturated carbocycles. The van der Waals surface area contributed by atoms with Crippen molar-refractivity contribution in [1.82, 2.24) is 19.2 Å². The summed E-state index contributed by atoms with van der Waals surface area (Å²) < 4.78 is 30.6. The van der Waals surface area contributed by atoms with E-state index in [4.69, 9.17) is 4.42 Å². The van der Waals surface area contributed by atoms with E-state index < -0.39 is 10.0 Å². The predicted octanol–water partition coefficient (Wildman–Crippen LogP) is 0.878. The van der Waals surface area contributed by atoms with Crippen molar-refractivity contribution in [3.63, 3.8) is 0 Å². The van der Waals surface area contributed by atoms with Crippen LogP contribution < -0.4 is 0 Å². The lowest BCUT2D eigenvalue weighted by Gasteiger charge is -2.26. The van der Waals surface area contributed by atoms with E-state index >= 15 is 0 Å². The second kappa shape index (κ2) is 5.79. The van der Waals surface area contributed by atoms with E-state index in [2.05, 4.69) is 14.9 Å². The molecule has 0 fully saturated rings. The summed E-state index contributed by atoms with van der Waals surface area (Å²) in [6.45, 7) is 2.15. The Morgan fingerprint density at radius 2 is 2.18 bits per heavy atom. The maximum atomic E-state index is 12.0. The third-order valence-electron chi connectivity index (χ3n) is 3.70. The fourth-order valence-corrected chi connectivity index (χ4v) is 3.23. The molecule has 0 N–H and O–H groups in total. The Morgan fingerprint density at radius 1 is 1.36 bits per heavy atom. The maximum absolute atomic E-state index is 12.0. The minimum absolute atomic E-state index is 0.0211. The molecule has 0 aliphatic carbocycles. The van der Waals surface area contributed by atoms with Crippen LogP contribution in [-0.4, -0.2) is 48.2 Å². The average Bonchev–Trinajstić information content (AvgIpc) is 2.96. The third kappa shape index (κ3) is 2.90. The van der Waals surface area contributed by atoms with Crippen LogP contribution in [0.4, 0.5) is 0 Å². The van der Waals surface area contributed by atoms with Crippen molar-refractivity contribution in [2.24, 2.45) is 0 Å². The van der Waals surface area contributed by atoms with Gasteiger partial charge in [-0.15, -0.1) is 0 Å². The number of hydrogen-bond acceptors (Lipinski definition) is 6. The predicted molar refractivity (Wildman–Crippen MR) is 79.4 cm³/mol. The Labute approximate surface area is 129 Å². The number of rotatable bonds is 4. The molecule has 0 bridgehead atoms. The molecule has 0 unspecified atom stereocenters. The fraction of sp³-hybridized carbons (Fsp3) is 0.429. The Bertz CT molecular complexity index is 770. The molecule has 118 valence electrons. The second-order valence-electron chi connectivity index (χ2n) is 5.46. The summed E-state index contributed by atoms with van der Waals surface area (Å²) in [4.78, 5) is 10.5. The molecule has 1 aliphatic rings. The molecule has 3 heterocycles. The quantitative estimate of drug-likeness (QED) is 0.831. The molecule has 2 aromatic heterocycles. The van der Waals surface area contributed by atoms with Gasteiger partial charge < -0.3 is 4.42 Å². The summed E-state index contributed by atoms with van der Waals surface area (Å²) in [6, 6.07) is 3.22. The zero-order chi connectivity index (χ0) is 15.7. The Hall–Kier alpha value is -1.77. The second-order valence-corrected chi connectivity index (χ2v) is 7.55. The molecular weight excluding hydrogens is 304 g/mol. The highest BCUT2D eigenvalue weighted by atomic mass is 32.2. The molecule has 0 amide bonds. The molecule has 1 aliphatic heterocycles. The van der Waals surface area contributed by atoms with Gasteiger partial charge >= 0.3 is 0 Å². The molecule has 0 aromatic carbocycles. The minimum atomic E-state index is -3.52. The van der Waals surface area contributed by atoms with E-state index in [1.807, 2.05) is 6.20 Å². The monoisotopic (exact) mass is 322 g/mol. The molecule has 0 saturated heterocycles. The molecule has 8 heteroatoms. The number of sulfonamides is 1. The van der Waals surface area contributed by atoms with Crippen LogP contribution in [0.25, 0.3) is 0 Å². The Balaban J connectivity index is 1.72. The molecule has 7 nitrogen and oxygen atoms in total. The van der Waals surface area contributed by atoms with Crippen molar-refractivity contribution in [3.8, 4) is 0 Å². The molecule has 0 spiro atoms. The van der Waals surface area contributed by atoms with Crippen molar-refractivity contribution in [2.45, 2.75) is 24.6 Å². The minimum Gasteiger partial charge on any atom is -0.447 e. The lowest BCUT2D eigenvalue weighted by molar-refractivity contribution is 0.215. The van der Waals surface area contributed by atoms with Gasteiger partial charge in [-0.3, -0.25) is 4.90 Å². The van der Waals surface area contributed by atoms with Crippen LogP contribution in [0.3, 0.4) is 0 Å². The van der Waals surface area contributed by atoms with Gasteiger partial charge in [0, 0.05) is 33.4 Å². The Kier molecular flexibility index (Phi) is 3.98. The maximum Gasteiger partial charge on any atom is 0.275 e. The standard InChI is InChI=1S/C14H18N4O3S/c1-17(2)22(19,20)14-4-3-12(21-14)8-18-6-5-11-7-15-10-16-13(11)9-18/h3-4,7,10H,5-6,8-9H2,1-2H3. The van der Waals surface area contributed by atoms with Crippen molar-refractivity contribution in [3.05, 3.63) is 41.7 Å². The molecule has 0 atom stereocenters. The van der Waals surface area contributed by atoms with Gasteiger partial charge in [0.1, 0.15) is 12.1 Å². The van der Waals surface area contributed by atoms with Crippen molar-refractivity contribution >= 4 is 10.0 Å². The first-order chi connectivity index (χ1) is 10.5. The highest BCUT2D eigenvalue weighted by Gasteiger charge is 2.23. The van der Waals surface area contributed by atoms with Gasteiger partial charge in [-0.05, 0) is 24.1 Å². The number of furan rings is 1. The zero-order valence-electron chi connectivity index (χ0n) is 12.6. The van der Waals surface area contributed by atoms with Crippen LogP contribution in [-0.2, 0) is 29.5 Å². The zero-order valence-corrected chi connectivity index (χ0v) is 13.4. The van der Waals surface area contributed by atoms with E-state index in [9.17, 15) is 8.42 Å². The largest absolute Gasteiger partial charge is 0.447 e. The first kappa shape index (κ1) is 15.1. The van der Waals surface area contributed by atoms with Crippen LogP contribution in [0.2, 0.25) is 0 Å². The van der Waals surface area contributed by atoms with E-state index in [1.54, 1.807) is 12.4 Å². The number of fused-ring (bicyclic) bond motifs is 1. The van der Waals surface area contributed by atoms with Crippen molar-refractivity contribution < 1.29 is 12.8 Å². The summed E-state index contributed by atoms with van der Waals surface area (Å²) in [5.74, 6) is 0.637. The SMILES string of the molecule is CN(C)S(=O)(=O)c1ccc(CN2CCc3cncnc3C2)o1. The van der Waals surface area contributed by atoms with Gasteiger partial charge in [-0.1, -0.05) is 0 Å². The topological polar surface area (TPSA) is 79.5 Å². The van der Waals surface area contributed by atoms with Gasteiger partial charge in [0.05, 0.1) is 12.2 Å². The normalized spacial score (nSPS) is 16.0. The van der Waals surface area contributed by atoms with Gasteiger partial charge in [0.25, 0.3) is 10.0 Å². The van der Waals surface area contributed by atoms with Gasteiger partial charge in [-0.2, -0.15) is 0 Å². The molecular formula is C14H18N4O3S. The van der Waals surface area contributed by atoms with Gasteiger partial charge in [0.2, 0.25) is 5.09 Å². The van der Waals surface area contributed by atoms with Gasteiger partial charge in [0.15, 0.2) is 0 Å². The lowest BCUT2D eigenvalue weighted by atomic mass is 10.1. The van der Waals surface area contributed by atoms with Crippen molar-refractivity contribution in [2.75, 3.05) is 20.6 Å². The van der Waals surface area contributed by atoms with Crippen LogP contribution in [0, 0.1) is 0 Å². The molecule has 2 aromatic rings. The lowest BCUT2D eigenvalue weighted by Crippen LogP contribution is -2.30. The van der Waals surface area contributed by atoms with Crippen molar-refractivity contribution in [1.29, 1.82) is 0 Å². The van der Waals surface area contributed by atoms with E-state index in [1.165, 1.54) is 25.7 Å². The smallest absolute Gasteiger partial charge is 0.275 e. The Morgan fingerprint density at radius 3 is 2.95 bits per heavy atom. The van der Waals surface area contributed by atoms with Crippen LogP contribution in [0.5, 0.6) is 0 Å². The summed E-state index contributed by atoms with van der Waals surface area (Å²) in [7, 11) is -0.548. The molecule has 3 rings (SSSR count).